The molecule has 0 saturated heterocycles. The second kappa shape index (κ2) is 8.26. The lowest BCUT2D eigenvalue weighted by Crippen LogP contribution is -2.21. The lowest BCUT2D eigenvalue weighted by molar-refractivity contribution is -0.384. The van der Waals surface area contributed by atoms with Crippen LogP contribution in [-0.4, -0.2) is 9.49 Å². The maximum absolute atomic E-state index is 13.2. The quantitative estimate of drug-likeness (QED) is 0.394. The number of rotatable bonds is 6. The molecule has 1 aromatic heterocycles. The Kier molecular flexibility index (Phi) is 5.81. The highest BCUT2D eigenvalue weighted by molar-refractivity contribution is 7.07. The summed E-state index contributed by atoms with van der Waals surface area (Å²) in [5.74, 6) is -0.292. The Bertz CT molecular complexity index is 987. The van der Waals surface area contributed by atoms with Crippen molar-refractivity contribution >= 4 is 22.7 Å². The first-order chi connectivity index (χ1) is 13.0. The van der Waals surface area contributed by atoms with E-state index >= 15 is 0 Å². The van der Waals surface area contributed by atoms with Gasteiger partial charge in [0.05, 0.1) is 16.3 Å². The number of halogens is 1. The van der Waals surface area contributed by atoms with Crippen molar-refractivity contribution < 1.29 is 9.31 Å². The molecule has 5 nitrogen and oxygen atoms in total. The molecule has 140 valence electrons. The molecule has 1 heterocycles. The smallest absolute Gasteiger partial charge is 0.269 e. The van der Waals surface area contributed by atoms with Gasteiger partial charge >= 0.3 is 0 Å². The van der Waals surface area contributed by atoms with Gasteiger partial charge in [-0.25, -0.2) is 9.38 Å². The van der Waals surface area contributed by atoms with Crippen molar-refractivity contribution in [1.29, 1.82) is 0 Å². The van der Waals surface area contributed by atoms with Crippen molar-refractivity contribution in [3.8, 4) is 11.3 Å². The third kappa shape index (κ3) is 4.14. The van der Waals surface area contributed by atoms with E-state index in [1.54, 1.807) is 24.3 Å². The molecule has 7 heteroatoms. The van der Waals surface area contributed by atoms with Crippen LogP contribution < -0.4 is 4.80 Å². The highest BCUT2D eigenvalue weighted by atomic mass is 32.1. The van der Waals surface area contributed by atoms with Gasteiger partial charge in [-0.2, -0.15) is 0 Å². The summed E-state index contributed by atoms with van der Waals surface area (Å²) in [5, 5.41) is 12.9. The van der Waals surface area contributed by atoms with Crippen molar-refractivity contribution in [3.05, 3.63) is 74.6 Å². The minimum atomic E-state index is -0.401. The summed E-state index contributed by atoms with van der Waals surface area (Å²) >= 11 is 1.51. The van der Waals surface area contributed by atoms with Crippen molar-refractivity contribution in [2.45, 2.75) is 32.7 Å². The fourth-order valence-electron chi connectivity index (χ4n) is 3.00. The second-order valence-electron chi connectivity index (χ2n) is 6.14. The molecule has 0 atom stereocenters. The van der Waals surface area contributed by atoms with Gasteiger partial charge in [0.1, 0.15) is 5.82 Å². The summed E-state index contributed by atoms with van der Waals surface area (Å²) in [4.78, 5) is 16.0. The van der Waals surface area contributed by atoms with Crippen molar-refractivity contribution in [3.63, 3.8) is 0 Å². The molecule has 0 bridgehead atoms. The first kappa shape index (κ1) is 19.0. The number of hydrogen-bond acceptors (Lipinski definition) is 4. The number of hydrogen-bond donors (Lipinski definition) is 0. The van der Waals surface area contributed by atoms with Gasteiger partial charge in [-0.3, -0.25) is 10.1 Å². The first-order valence-corrected chi connectivity index (χ1v) is 9.66. The summed E-state index contributed by atoms with van der Waals surface area (Å²) in [6, 6.07) is 12.9. The van der Waals surface area contributed by atoms with Crippen LogP contribution in [0.15, 0.2) is 58.9 Å². The molecule has 0 aliphatic carbocycles. The van der Waals surface area contributed by atoms with Crippen LogP contribution in [0.1, 0.15) is 32.7 Å². The molecule has 27 heavy (non-hydrogen) atoms. The number of nitro benzene ring substituents is 1. The normalized spacial score (nSPS) is 11.9. The fourth-order valence-corrected chi connectivity index (χ4v) is 3.98. The van der Waals surface area contributed by atoms with E-state index in [0.29, 0.717) is 5.69 Å². The zero-order valence-corrected chi connectivity index (χ0v) is 15.9. The summed E-state index contributed by atoms with van der Waals surface area (Å²) in [7, 11) is 0. The number of nitro groups is 1. The maximum Gasteiger partial charge on any atom is 0.269 e. The number of non-ortho nitro benzene ring substituents is 1. The summed E-state index contributed by atoms with van der Waals surface area (Å²) in [5.41, 5.74) is 2.64. The van der Waals surface area contributed by atoms with Gasteiger partial charge < -0.3 is 4.57 Å². The SMILES string of the molecule is CCC(CC)n1c(-c2ccc([N+](=O)[O-])cc2)csc1=Nc1ccc(F)cc1. The summed E-state index contributed by atoms with van der Waals surface area (Å²) in [6.45, 7) is 4.25. The van der Waals surface area contributed by atoms with Gasteiger partial charge in [0.2, 0.25) is 0 Å². The number of benzene rings is 2. The molecular weight excluding hydrogens is 365 g/mol. The molecule has 0 aliphatic heterocycles. The monoisotopic (exact) mass is 385 g/mol. The molecule has 0 fully saturated rings. The largest absolute Gasteiger partial charge is 0.313 e. The lowest BCUT2D eigenvalue weighted by Gasteiger charge is -2.18. The van der Waals surface area contributed by atoms with Crippen molar-refractivity contribution in [2.24, 2.45) is 4.99 Å². The Hall–Kier alpha value is -2.80. The molecule has 2 aromatic carbocycles. The van der Waals surface area contributed by atoms with Crippen LogP contribution in [0.2, 0.25) is 0 Å². The third-order valence-corrected chi connectivity index (χ3v) is 5.31. The molecule has 3 aromatic rings. The second-order valence-corrected chi connectivity index (χ2v) is 6.97. The van der Waals surface area contributed by atoms with Gasteiger partial charge in [0.15, 0.2) is 4.80 Å². The Morgan fingerprint density at radius 2 is 1.74 bits per heavy atom. The van der Waals surface area contributed by atoms with Crippen molar-refractivity contribution in [2.75, 3.05) is 0 Å². The first-order valence-electron chi connectivity index (χ1n) is 8.78. The van der Waals surface area contributed by atoms with Crippen LogP contribution in [0.5, 0.6) is 0 Å². The van der Waals surface area contributed by atoms with Gasteiger partial charge in [-0.1, -0.05) is 13.8 Å². The molecular formula is C20H20FN3O2S. The van der Waals surface area contributed by atoms with E-state index in [1.807, 2.05) is 5.38 Å². The molecule has 0 radical (unpaired) electrons. The van der Waals surface area contributed by atoms with Crippen LogP contribution in [0, 0.1) is 15.9 Å². The molecule has 3 rings (SSSR count). The summed E-state index contributed by atoms with van der Waals surface area (Å²) in [6.07, 6.45) is 1.87. The van der Waals surface area contributed by atoms with E-state index in [2.05, 4.69) is 18.4 Å². The topological polar surface area (TPSA) is 60.4 Å². The number of aromatic nitrogens is 1. The van der Waals surface area contributed by atoms with Gasteiger partial charge in [-0.05, 0) is 54.8 Å². The number of thiazole rings is 1. The van der Waals surface area contributed by atoms with Gasteiger partial charge in [-0.15, -0.1) is 11.3 Å². The Labute approximate surface area is 160 Å². The molecule has 0 aliphatic rings. The van der Waals surface area contributed by atoms with Crippen LogP contribution in [0.25, 0.3) is 11.3 Å². The average molecular weight is 385 g/mol. The number of nitrogens with zero attached hydrogens (tertiary/aromatic N) is 3. The van der Waals surface area contributed by atoms with Gasteiger partial charge in [0, 0.05) is 23.6 Å². The molecule has 0 saturated carbocycles. The predicted molar refractivity (Wildman–Crippen MR) is 106 cm³/mol. The van der Waals surface area contributed by atoms with Crippen LogP contribution in [0.3, 0.4) is 0 Å². The fraction of sp³-hybridized carbons (Fsp3) is 0.250. The maximum atomic E-state index is 13.2. The van der Waals surface area contributed by atoms with Crippen molar-refractivity contribution in [1.82, 2.24) is 4.57 Å². The van der Waals surface area contributed by atoms with E-state index in [0.717, 1.165) is 28.9 Å². The minimum absolute atomic E-state index is 0.0688. The summed E-state index contributed by atoms with van der Waals surface area (Å²) < 4.78 is 15.3. The van der Waals surface area contributed by atoms with E-state index in [-0.39, 0.29) is 17.5 Å². The zero-order valence-electron chi connectivity index (χ0n) is 15.1. The average Bonchev–Trinajstić information content (AvgIpc) is 3.08. The molecule has 0 spiro atoms. The Balaban J connectivity index is 2.13. The third-order valence-electron chi connectivity index (χ3n) is 4.47. The van der Waals surface area contributed by atoms with E-state index in [4.69, 9.17) is 4.99 Å². The van der Waals surface area contributed by atoms with Gasteiger partial charge in [0.25, 0.3) is 5.69 Å². The highest BCUT2D eigenvalue weighted by Gasteiger charge is 2.16. The van der Waals surface area contributed by atoms with E-state index in [9.17, 15) is 14.5 Å². The van der Waals surface area contributed by atoms with Crippen LogP contribution >= 0.6 is 11.3 Å². The molecule has 0 unspecified atom stereocenters. The minimum Gasteiger partial charge on any atom is -0.313 e. The zero-order chi connectivity index (χ0) is 19.4. The predicted octanol–water partition coefficient (Wildman–Crippen LogP) is 5.86. The highest BCUT2D eigenvalue weighted by Crippen LogP contribution is 2.28. The van der Waals surface area contributed by atoms with E-state index < -0.39 is 4.92 Å². The molecule has 0 N–H and O–H groups in total. The van der Waals surface area contributed by atoms with E-state index in [1.165, 1.54) is 35.6 Å². The van der Waals surface area contributed by atoms with Crippen LogP contribution in [0.4, 0.5) is 15.8 Å². The Morgan fingerprint density at radius 3 is 2.30 bits per heavy atom. The Morgan fingerprint density at radius 1 is 1.11 bits per heavy atom. The lowest BCUT2D eigenvalue weighted by atomic mass is 10.1. The standard InChI is InChI=1S/C20H20FN3O2S/c1-3-17(4-2)23-19(14-5-11-18(12-6-14)24(25)26)13-27-20(23)22-16-9-7-15(21)8-10-16/h5-13,17H,3-4H2,1-2H3. The van der Waals surface area contributed by atoms with Crippen LogP contribution in [-0.2, 0) is 0 Å². The molecule has 0 amide bonds.